The van der Waals surface area contributed by atoms with E-state index in [0.29, 0.717) is 19.3 Å². The summed E-state index contributed by atoms with van der Waals surface area (Å²) in [4.78, 5) is 10.6. The molecule has 5 nitrogen and oxygen atoms in total. The third-order valence-electron chi connectivity index (χ3n) is 6.00. The van der Waals surface area contributed by atoms with E-state index in [0.717, 1.165) is 19.3 Å². The van der Waals surface area contributed by atoms with Crippen LogP contribution >= 0.6 is 0 Å². The van der Waals surface area contributed by atoms with Gasteiger partial charge in [-0.05, 0) is 32.1 Å². The number of ether oxygens (including phenoxy) is 1. The van der Waals surface area contributed by atoms with Crippen molar-refractivity contribution in [2.45, 2.75) is 90.1 Å². The van der Waals surface area contributed by atoms with E-state index in [2.05, 4.69) is 11.8 Å². The van der Waals surface area contributed by atoms with Crippen LogP contribution in [0.1, 0.15) is 65.7 Å². The third kappa shape index (κ3) is 6.07. The van der Waals surface area contributed by atoms with E-state index >= 15 is 0 Å². The topological polar surface area (TPSA) is 87.0 Å². The van der Waals surface area contributed by atoms with Crippen molar-refractivity contribution in [3.8, 4) is 11.8 Å². The number of carbonyl (C=O) groups is 1. The summed E-state index contributed by atoms with van der Waals surface area (Å²) >= 11 is 0. The summed E-state index contributed by atoms with van der Waals surface area (Å²) in [5, 5.41) is 29.6. The summed E-state index contributed by atoms with van der Waals surface area (Å²) < 4.78 is 6.10. The predicted octanol–water partition coefficient (Wildman–Crippen LogP) is 3.14. The van der Waals surface area contributed by atoms with Crippen LogP contribution in [0.15, 0.2) is 12.2 Å². The fraction of sp³-hybridized carbons (Fsp3) is 0.773. The highest BCUT2D eigenvalue weighted by molar-refractivity contribution is 5.66. The van der Waals surface area contributed by atoms with Gasteiger partial charge in [0.2, 0.25) is 0 Å². The van der Waals surface area contributed by atoms with E-state index in [-0.39, 0.29) is 35.9 Å². The highest BCUT2D eigenvalue weighted by Crippen LogP contribution is 2.45. The van der Waals surface area contributed by atoms with Gasteiger partial charge in [-0.2, -0.15) is 0 Å². The van der Waals surface area contributed by atoms with Crippen LogP contribution in [0.3, 0.4) is 0 Å². The molecule has 1 saturated heterocycles. The average molecular weight is 379 g/mol. The number of aliphatic hydroxyl groups is 2. The minimum atomic E-state index is -0.751. The van der Waals surface area contributed by atoms with Gasteiger partial charge in [0.15, 0.2) is 0 Å². The number of carboxylic acid groups (broad SMARTS) is 1. The van der Waals surface area contributed by atoms with Crippen molar-refractivity contribution >= 4 is 5.97 Å². The maximum absolute atomic E-state index is 10.6. The summed E-state index contributed by atoms with van der Waals surface area (Å²) in [6.07, 6.45) is 7.71. The van der Waals surface area contributed by atoms with Gasteiger partial charge in [-0.3, -0.25) is 4.79 Å². The molecule has 0 spiro atoms. The first-order chi connectivity index (χ1) is 12.7. The molecule has 1 heterocycles. The van der Waals surface area contributed by atoms with Gasteiger partial charge in [-0.25, -0.2) is 0 Å². The second-order valence-corrected chi connectivity index (χ2v) is 8.64. The first kappa shape index (κ1) is 21.9. The molecule has 0 aromatic heterocycles. The molecule has 27 heavy (non-hydrogen) atoms. The zero-order valence-corrected chi connectivity index (χ0v) is 16.7. The van der Waals surface area contributed by atoms with Crippen molar-refractivity contribution in [1.29, 1.82) is 0 Å². The Morgan fingerprint density at radius 1 is 1.33 bits per heavy atom. The van der Waals surface area contributed by atoms with Gasteiger partial charge in [0.1, 0.15) is 0 Å². The molecule has 0 unspecified atom stereocenters. The predicted molar refractivity (Wildman–Crippen MR) is 104 cm³/mol. The summed E-state index contributed by atoms with van der Waals surface area (Å²) in [6.45, 7) is 5.78. The summed E-state index contributed by atoms with van der Waals surface area (Å²) in [6, 6.07) is 0. The summed E-state index contributed by atoms with van der Waals surface area (Å²) in [5.41, 5.74) is -0.332. The van der Waals surface area contributed by atoms with Gasteiger partial charge in [0, 0.05) is 30.6 Å². The molecule has 1 aliphatic heterocycles. The molecule has 1 aliphatic carbocycles. The number of hydrogen-bond acceptors (Lipinski definition) is 4. The van der Waals surface area contributed by atoms with E-state index in [1.807, 2.05) is 26.0 Å². The Hall–Kier alpha value is -1.35. The number of aliphatic hydroxyl groups excluding tert-OH is 2. The highest BCUT2D eigenvalue weighted by atomic mass is 16.5. The van der Waals surface area contributed by atoms with Crippen LogP contribution in [0.5, 0.6) is 0 Å². The molecule has 0 aromatic carbocycles. The Kier molecular flexibility index (Phi) is 7.91. The van der Waals surface area contributed by atoms with Crippen molar-refractivity contribution < 1.29 is 24.9 Å². The Balaban J connectivity index is 1.88. The monoisotopic (exact) mass is 378 g/mol. The third-order valence-corrected chi connectivity index (χ3v) is 6.00. The van der Waals surface area contributed by atoms with Gasteiger partial charge in [0.05, 0.1) is 24.4 Å². The standard InChI is InChI=1S/C22H34O5/c1-4-5-12-22(2,3)20(24)11-10-16-17-13-15(8-6-7-9-21(25)26)27-19(17)14-18(16)23/h10-11,15-20,23-24H,6-9,12-14H2,1-3H3,(H,25,26)/t15-,16+,17+,18+,19-,20+/m0/s1. The lowest BCUT2D eigenvalue weighted by molar-refractivity contribution is -0.137. The van der Waals surface area contributed by atoms with Crippen LogP contribution in [-0.4, -0.2) is 45.7 Å². The van der Waals surface area contributed by atoms with Crippen LogP contribution < -0.4 is 0 Å². The van der Waals surface area contributed by atoms with Crippen molar-refractivity contribution in [1.82, 2.24) is 0 Å². The number of fused-ring (bicyclic) bond motifs is 1. The molecule has 1 saturated carbocycles. The Morgan fingerprint density at radius 3 is 2.74 bits per heavy atom. The van der Waals surface area contributed by atoms with Gasteiger partial charge in [-0.1, -0.05) is 32.4 Å². The van der Waals surface area contributed by atoms with Crippen LogP contribution in [-0.2, 0) is 9.53 Å². The number of carboxylic acids is 1. The molecule has 3 N–H and O–H groups in total. The smallest absolute Gasteiger partial charge is 0.303 e. The minimum absolute atomic E-state index is 0.00160. The quantitative estimate of drug-likeness (QED) is 0.326. The van der Waals surface area contributed by atoms with E-state index in [9.17, 15) is 15.0 Å². The van der Waals surface area contributed by atoms with E-state index in [1.165, 1.54) is 0 Å². The molecule has 0 amide bonds. The van der Waals surface area contributed by atoms with Crippen LogP contribution in [0.4, 0.5) is 0 Å². The molecule has 0 radical (unpaired) electrons. The molecule has 2 fully saturated rings. The fourth-order valence-electron chi connectivity index (χ4n) is 4.19. The van der Waals surface area contributed by atoms with Gasteiger partial charge >= 0.3 is 5.97 Å². The van der Waals surface area contributed by atoms with Gasteiger partial charge < -0.3 is 20.1 Å². The van der Waals surface area contributed by atoms with E-state index in [1.54, 1.807) is 6.92 Å². The van der Waals surface area contributed by atoms with Gasteiger partial charge in [0.25, 0.3) is 0 Å². The van der Waals surface area contributed by atoms with Crippen LogP contribution in [0.2, 0.25) is 0 Å². The number of aliphatic carboxylic acids is 1. The molecule has 0 aromatic rings. The first-order valence-electron chi connectivity index (χ1n) is 10.1. The van der Waals surface area contributed by atoms with Crippen molar-refractivity contribution in [3.05, 3.63) is 12.2 Å². The van der Waals surface area contributed by atoms with Crippen LogP contribution in [0.25, 0.3) is 0 Å². The highest BCUT2D eigenvalue weighted by Gasteiger charge is 2.47. The Labute approximate surface area is 162 Å². The largest absolute Gasteiger partial charge is 0.481 e. The molecule has 2 aliphatic rings. The lowest BCUT2D eigenvalue weighted by Gasteiger charge is -2.27. The average Bonchev–Trinajstić information content (AvgIpc) is 3.11. The summed E-state index contributed by atoms with van der Waals surface area (Å²) in [7, 11) is 0. The van der Waals surface area contributed by atoms with E-state index in [4.69, 9.17) is 9.84 Å². The number of unbranched alkanes of at least 4 members (excludes halogenated alkanes) is 1. The lowest BCUT2D eigenvalue weighted by Crippen LogP contribution is -2.28. The SMILES string of the molecule is CC#CCC(C)(C)[C@H](O)C=C[C@@H]1[C@H]2C[C@H](CCCCC(=O)O)O[C@H]2C[C@H]1O. The second kappa shape index (κ2) is 9.73. The molecule has 152 valence electrons. The van der Waals surface area contributed by atoms with Crippen molar-refractivity contribution in [2.24, 2.45) is 17.3 Å². The zero-order valence-electron chi connectivity index (χ0n) is 16.7. The Bertz CT molecular complexity index is 585. The molecule has 6 atom stereocenters. The molecular weight excluding hydrogens is 344 g/mol. The van der Waals surface area contributed by atoms with Gasteiger partial charge in [-0.15, -0.1) is 11.8 Å². The van der Waals surface area contributed by atoms with E-state index < -0.39 is 18.2 Å². The number of rotatable bonds is 9. The maximum Gasteiger partial charge on any atom is 0.303 e. The Morgan fingerprint density at radius 2 is 2.07 bits per heavy atom. The maximum atomic E-state index is 10.6. The second-order valence-electron chi connectivity index (χ2n) is 8.64. The summed E-state index contributed by atoms with van der Waals surface area (Å²) in [5.74, 6) is 5.42. The molecular formula is C22H34O5. The van der Waals surface area contributed by atoms with Crippen molar-refractivity contribution in [2.75, 3.05) is 0 Å². The molecule has 2 rings (SSSR count). The van der Waals surface area contributed by atoms with Crippen molar-refractivity contribution in [3.63, 3.8) is 0 Å². The fourth-order valence-corrected chi connectivity index (χ4v) is 4.19. The molecule has 0 bridgehead atoms. The van der Waals surface area contributed by atoms with Crippen LogP contribution in [0, 0.1) is 29.1 Å². The normalized spacial score (nSPS) is 31.5. The molecule has 5 heteroatoms. The number of hydrogen-bond donors (Lipinski definition) is 3. The first-order valence-corrected chi connectivity index (χ1v) is 10.1. The lowest BCUT2D eigenvalue weighted by atomic mass is 9.82. The zero-order chi connectivity index (χ0) is 20.0. The minimum Gasteiger partial charge on any atom is -0.481 e.